The number of nitrogens with zero attached hydrogens (tertiary/aromatic N) is 1. The molecule has 3 aromatic rings. The van der Waals surface area contributed by atoms with Gasteiger partial charge in [-0.1, -0.05) is 30.3 Å². The summed E-state index contributed by atoms with van der Waals surface area (Å²) in [7, 11) is 0. The lowest BCUT2D eigenvalue weighted by Crippen LogP contribution is -2.18. The normalized spacial score (nSPS) is 10.1. The van der Waals surface area contributed by atoms with Gasteiger partial charge >= 0.3 is 0 Å². The Bertz CT molecular complexity index is 1140. The average molecular weight is 446 g/mol. The third-order valence-corrected chi connectivity index (χ3v) is 5.28. The number of aryl methyl sites for hydroxylation is 1. The molecular formula is C25H23N3O3S. The molecule has 7 heteroatoms. The van der Waals surface area contributed by atoms with Crippen LogP contribution in [0.1, 0.15) is 16.7 Å². The summed E-state index contributed by atoms with van der Waals surface area (Å²) in [4.78, 5) is 24.3. The highest BCUT2D eigenvalue weighted by Gasteiger charge is 2.08. The summed E-state index contributed by atoms with van der Waals surface area (Å²) in [5, 5.41) is 14.6. The Balaban J connectivity index is 1.43. The van der Waals surface area contributed by atoms with E-state index in [0.29, 0.717) is 23.6 Å². The molecule has 2 amide bonds. The van der Waals surface area contributed by atoms with Crippen molar-refractivity contribution < 1.29 is 14.3 Å². The van der Waals surface area contributed by atoms with Crippen molar-refractivity contribution in [3.8, 4) is 11.8 Å². The number of nitrogens with one attached hydrogen (secondary N) is 2. The van der Waals surface area contributed by atoms with E-state index in [1.807, 2.05) is 43.3 Å². The number of nitriles is 1. The second kappa shape index (κ2) is 11.6. The topological polar surface area (TPSA) is 91.2 Å². The maximum Gasteiger partial charge on any atom is 0.234 e. The highest BCUT2D eigenvalue weighted by Crippen LogP contribution is 2.19. The Morgan fingerprint density at radius 1 is 0.906 bits per heavy atom. The van der Waals surface area contributed by atoms with Gasteiger partial charge in [-0.3, -0.25) is 9.59 Å². The Morgan fingerprint density at radius 2 is 1.56 bits per heavy atom. The van der Waals surface area contributed by atoms with Crippen LogP contribution in [0, 0.1) is 18.3 Å². The first-order chi connectivity index (χ1) is 15.5. The second-order valence-corrected chi connectivity index (χ2v) is 8.07. The number of amides is 2. The molecule has 0 saturated heterocycles. The van der Waals surface area contributed by atoms with Gasteiger partial charge in [-0.2, -0.15) is 5.26 Å². The van der Waals surface area contributed by atoms with Crippen LogP contribution in [0.5, 0.6) is 5.75 Å². The molecule has 162 valence electrons. The van der Waals surface area contributed by atoms with E-state index >= 15 is 0 Å². The Kier molecular flexibility index (Phi) is 8.29. The summed E-state index contributed by atoms with van der Waals surface area (Å²) in [6, 6.07) is 24.0. The summed E-state index contributed by atoms with van der Waals surface area (Å²) in [5.74, 6) is 0.608. The van der Waals surface area contributed by atoms with Crippen LogP contribution in [-0.2, 0) is 16.2 Å². The molecule has 0 radical (unpaired) electrons. The third kappa shape index (κ3) is 7.49. The smallest absolute Gasteiger partial charge is 0.234 e. The maximum atomic E-state index is 12.2. The van der Waals surface area contributed by atoms with Crippen molar-refractivity contribution in [2.24, 2.45) is 0 Å². The minimum absolute atomic E-state index is 0.149. The zero-order valence-corrected chi connectivity index (χ0v) is 18.4. The molecule has 0 aliphatic rings. The molecule has 3 rings (SSSR count). The molecule has 0 aliphatic carbocycles. The van der Waals surface area contributed by atoms with E-state index in [0.717, 1.165) is 16.8 Å². The van der Waals surface area contributed by atoms with Crippen molar-refractivity contribution >= 4 is 35.0 Å². The van der Waals surface area contributed by atoms with E-state index in [2.05, 4.69) is 16.7 Å². The average Bonchev–Trinajstić information content (AvgIpc) is 2.78. The first kappa shape index (κ1) is 22.9. The zero-order chi connectivity index (χ0) is 22.8. The predicted molar refractivity (Wildman–Crippen MR) is 128 cm³/mol. The van der Waals surface area contributed by atoms with E-state index in [4.69, 9.17) is 10.00 Å². The van der Waals surface area contributed by atoms with Crippen LogP contribution in [0.4, 0.5) is 11.4 Å². The molecule has 32 heavy (non-hydrogen) atoms. The molecule has 0 saturated carbocycles. The lowest BCUT2D eigenvalue weighted by molar-refractivity contribution is -0.114. The van der Waals surface area contributed by atoms with Gasteiger partial charge in [0.1, 0.15) is 12.4 Å². The lowest BCUT2D eigenvalue weighted by atomic mass is 10.1. The van der Waals surface area contributed by atoms with Crippen LogP contribution in [0.15, 0.2) is 72.8 Å². The summed E-state index contributed by atoms with van der Waals surface area (Å²) in [5.41, 5.74) is 3.90. The van der Waals surface area contributed by atoms with E-state index in [9.17, 15) is 9.59 Å². The zero-order valence-electron chi connectivity index (χ0n) is 17.6. The van der Waals surface area contributed by atoms with Gasteiger partial charge in [0.2, 0.25) is 11.8 Å². The molecule has 0 bridgehead atoms. The van der Waals surface area contributed by atoms with Crippen LogP contribution in [0.2, 0.25) is 0 Å². The highest BCUT2D eigenvalue weighted by molar-refractivity contribution is 8.00. The molecule has 0 spiro atoms. The van der Waals surface area contributed by atoms with Gasteiger partial charge in [0.15, 0.2) is 0 Å². The molecule has 0 aromatic heterocycles. The summed E-state index contributed by atoms with van der Waals surface area (Å²) < 4.78 is 5.77. The molecule has 6 nitrogen and oxygen atoms in total. The molecule has 0 aliphatic heterocycles. The number of ether oxygens (including phenoxy) is 1. The quantitative estimate of drug-likeness (QED) is 0.496. The Morgan fingerprint density at radius 3 is 2.25 bits per heavy atom. The second-order valence-electron chi connectivity index (χ2n) is 7.09. The fourth-order valence-electron chi connectivity index (χ4n) is 2.91. The number of carbonyl (C=O) groups excluding carboxylic acids is 2. The number of thioether (sulfide) groups is 1. The van der Waals surface area contributed by atoms with E-state index in [-0.39, 0.29) is 23.3 Å². The van der Waals surface area contributed by atoms with Gasteiger partial charge in [0.05, 0.1) is 23.1 Å². The van der Waals surface area contributed by atoms with Crippen molar-refractivity contribution in [1.82, 2.24) is 0 Å². The molecule has 3 aromatic carbocycles. The first-order valence-electron chi connectivity index (χ1n) is 9.98. The standard InChI is InChI=1S/C25H23N3O3S/c1-18-5-2-8-21(11-18)27-24(29)16-32-17-25(30)28-22-9-4-10-23(13-22)31-15-20-7-3-6-19(12-20)14-26/h2-13H,15-17H2,1H3,(H,27,29)(H,28,30). The highest BCUT2D eigenvalue weighted by atomic mass is 32.2. The Labute approximate surface area is 191 Å². The fourth-order valence-corrected chi connectivity index (χ4v) is 3.53. The van der Waals surface area contributed by atoms with E-state index < -0.39 is 0 Å². The summed E-state index contributed by atoms with van der Waals surface area (Å²) in [6.45, 7) is 2.28. The maximum absolute atomic E-state index is 12.2. The largest absolute Gasteiger partial charge is 0.489 e. The molecular weight excluding hydrogens is 422 g/mol. The fraction of sp³-hybridized carbons (Fsp3) is 0.160. The van der Waals surface area contributed by atoms with Crippen molar-refractivity contribution in [3.63, 3.8) is 0 Å². The van der Waals surface area contributed by atoms with Crippen molar-refractivity contribution in [1.29, 1.82) is 5.26 Å². The van der Waals surface area contributed by atoms with E-state index in [1.54, 1.807) is 36.4 Å². The monoisotopic (exact) mass is 445 g/mol. The van der Waals surface area contributed by atoms with Gasteiger partial charge in [-0.05, 0) is 54.4 Å². The number of carbonyl (C=O) groups is 2. The molecule has 0 heterocycles. The minimum atomic E-state index is -0.197. The van der Waals surface area contributed by atoms with Crippen molar-refractivity contribution in [3.05, 3.63) is 89.5 Å². The van der Waals surface area contributed by atoms with Crippen LogP contribution < -0.4 is 15.4 Å². The van der Waals surface area contributed by atoms with Gasteiger partial charge in [-0.15, -0.1) is 11.8 Å². The number of rotatable bonds is 9. The third-order valence-electron chi connectivity index (χ3n) is 4.35. The van der Waals surface area contributed by atoms with E-state index in [1.165, 1.54) is 11.8 Å². The number of anilines is 2. The molecule has 0 atom stereocenters. The molecule has 2 N–H and O–H groups in total. The minimum Gasteiger partial charge on any atom is -0.489 e. The van der Waals surface area contributed by atoms with Gasteiger partial charge in [0, 0.05) is 17.4 Å². The lowest BCUT2D eigenvalue weighted by Gasteiger charge is -2.10. The van der Waals surface area contributed by atoms with Crippen molar-refractivity contribution in [2.75, 3.05) is 22.1 Å². The number of hydrogen-bond acceptors (Lipinski definition) is 5. The van der Waals surface area contributed by atoms with Crippen LogP contribution in [0.3, 0.4) is 0 Å². The first-order valence-corrected chi connectivity index (χ1v) is 11.1. The van der Waals surface area contributed by atoms with Crippen LogP contribution in [-0.4, -0.2) is 23.3 Å². The molecule has 0 unspecified atom stereocenters. The van der Waals surface area contributed by atoms with Gasteiger partial charge in [-0.25, -0.2) is 0 Å². The summed E-state index contributed by atoms with van der Waals surface area (Å²) >= 11 is 1.25. The van der Waals surface area contributed by atoms with Crippen LogP contribution >= 0.6 is 11.8 Å². The number of hydrogen-bond donors (Lipinski definition) is 2. The SMILES string of the molecule is Cc1cccc(NC(=O)CSCC(=O)Nc2cccc(OCc3cccc(C#N)c3)c2)c1. The number of benzene rings is 3. The predicted octanol–water partition coefficient (Wildman–Crippen LogP) is 4.76. The summed E-state index contributed by atoms with van der Waals surface area (Å²) in [6.07, 6.45) is 0. The van der Waals surface area contributed by atoms with Crippen LogP contribution in [0.25, 0.3) is 0 Å². The van der Waals surface area contributed by atoms with Crippen molar-refractivity contribution in [2.45, 2.75) is 13.5 Å². The Hall–Kier alpha value is -3.76. The molecule has 0 fully saturated rings. The van der Waals surface area contributed by atoms with Gasteiger partial charge < -0.3 is 15.4 Å². The van der Waals surface area contributed by atoms with Gasteiger partial charge in [0.25, 0.3) is 0 Å².